The third-order valence-corrected chi connectivity index (χ3v) is 2.59. The standard InChI is InChI=1S/2C5H12N2/c1-7-4-2-6-3-5-7;1-5-4-6-2-3-7-5/h6H,2-5H2,1H3;5-7H,2-4H2,1H3. The molecule has 0 saturated carbocycles. The van der Waals surface area contributed by atoms with Crippen molar-refractivity contribution in [1.82, 2.24) is 20.9 Å². The summed E-state index contributed by atoms with van der Waals surface area (Å²) in [5, 5.41) is 9.86. The molecule has 0 aromatic heterocycles. The van der Waals surface area contributed by atoms with E-state index in [-0.39, 0.29) is 0 Å². The molecule has 2 heterocycles. The Balaban J connectivity index is 0.000000140. The van der Waals surface area contributed by atoms with Gasteiger partial charge in [0, 0.05) is 51.9 Å². The molecule has 1 unspecified atom stereocenters. The smallest absolute Gasteiger partial charge is 0.0164 e. The minimum atomic E-state index is 0.675. The molecule has 4 nitrogen and oxygen atoms in total. The molecule has 2 aliphatic rings. The van der Waals surface area contributed by atoms with E-state index in [9.17, 15) is 0 Å². The predicted molar refractivity (Wildman–Crippen MR) is 60.7 cm³/mol. The molecular formula is C10H24N4. The second-order valence-corrected chi connectivity index (χ2v) is 4.11. The minimum absolute atomic E-state index is 0.675. The van der Waals surface area contributed by atoms with Crippen LogP contribution in [0, 0.1) is 0 Å². The normalized spacial score (nSPS) is 29.1. The van der Waals surface area contributed by atoms with E-state index in [4.69, 9.17) is 0 Å². The van der Waals surface area contributed by atoms with E-state index in [1.165, 1.54) is 13.1 Å². The van der Waals surface area contributed by atoms with Crippen LogP contribution in [0.5, 0.6) is 0 Å². The molecule has 3 N–H and O–H groups in total. The largest absolute Gasteiger partial charge is 0.314 e. The van der Waals surface area contributed by atoms with Crippen LogP contribution in [0.4, 0.5) is 0 Å². The topological polar surface area (TPSA) is 39.3 Å². The Morgan fingerprint density at radius 2 is 1.71 bits per heavy atom. The second kappa shape index (κ2) is 7.17. The summed E-state index contributed by atoms with van der Waals surface area (Å²) in [7, 11) is 2.15. The zero-order chi connectivity index (χ0) is 10.2. The van der Waals surface area contributed by atoms with E-state index >= 15 is 0 Å². The molecule has 84 valence electrons. The summed E-state index contributed by atoms with van der Waals surface area (Å²) in [6.07, 6.45) is 0. The molecule has 14 heavy (non-hydrogen) atoms. The predicted octanol–water partition coefficient (Wildman–Crippen LogP) is -0.911. The Bertz CT molecular complexity index is 112. The quantitative estimate of drug-likeness (QED) is 0.473. The number of rotatable bonds is 0. The Morgan fingerprint density at radius 3 is 2.00 bits per heavy atom. The van der Waals surface area contributed by atoms with Crippen LogP contribution in [-0.2, 0) is 0 Å². The van der Waals surface area contributed by atoms with E-state index in [0.717, 1.165) is 32.7 Å². The van der Waals surface area contributed by atoms with Crippen LogP contribution in [0.2, 0.25) is 0 Å². The zero-order valence-electron chi connectivity index (χ0n) is 9.47. The van der Waals surface area contributed by atoms with Gasteiger partial charge in [0.25, 0.3) is 0 Å². The van der Waals surface area contributed by atoms with Crippen LogP contribution in [0.3, 0.4) is 0 Å². The average molecular weight is 200 g/mol. The molecule has 0 radical (unpaired) electrons. The Morgan fingerprint density at radius 1 is 1.00 bits per heavy atom. The van der Waals surface area contributed by atoms with Crippen LogP contribution in [0.15, 0.2) is 0 Å². The molecule has 2 fully saturated rings. The third kappa shape index (κ3) is 5.54. The van der Waals surface area contributed by atoms with E-state index in [0.29, 0.717) is 6.04 Å². The lowest BCUT2D eigenvalue weighted by atomic mass is 10.3. The van der Waals surface area contributed by atoms with Crippen molar-refractivity contribution >= 4 is 0 Å². The summed E-state index contributed by atoms with van der Waals surface area (Å²) in [5.41, 5.74) is 0. The number of hydrogen-bond donors (Lipinski definition) is 3. The highest BCUT2D eigenvalue weighted by Gasteiger charge is 2.03. The van der Waals surface area contributed by atoms with Gasteiger partial charge in [-0.15, -0.1) is 0 Å². The van der Waals surface area contributed by atoms with Crippen molar-refractivity contribution in [2.45, 2.75) is 13.0 Å². The SMILES string of the molecule is CC1CNCCN1.CN1CCNCC1. The molecule has 0 bridgehead atoms. The highest BCUT2D eigenvalue weighted by Crippen LogP contribution is 1.83. The molecule has 2 saturated heterocycles. The summed E-state index contributed by atoms with van der Waals surface area (Å²) in [6.45, 7) is 10.3. The summed E-state index contributed by atoms with van der Waals surface area (Å²) < 4.78 is 0. The van der Waals surface area contributed by atoms with Crippen molar-refractivity contribution in [1.29, 1.82) is 0 Å². The molecule has 0 aromatic rings. The lowest BCUT2D eigenvalue weighted by Gasteiger charge is -2.21. The van der Waals surface area contributed by atoms with Crippen molar-refractivity contribution in [2.24, 2.45) is 0 Å². The van der Waals surface area contributed by atoms with Crippen LogP contribution in [0.1, 0.15) is 6.92 Å². The first-order chi connectivity index (χ1) is 6.79. The van der Waals surface area contributed by atoms with Gasteiger partial charge in [-0.2, -0.15) is 0 Å². The number of piperazine rings is 2. The third-order valence-electron chi connectivity index (χ3n) is 2.59. The van der Waals surface area contributed by atoms with E-state index in [2.05, 4.69) is 34.8 Å². The van der Waals surface area contributed by atoms with Gasteiger partial charge >= 0.3 is 0 Å². The lowest BCUT2D eigenvalue weighted by Crippen LogP contribution is -2.46. The Kier molecular flexibility index (Phi) is 6.10. The molecule has 0 amide bonds. The first kappa shape index (κ1) is 11.9. The van der Waals surface area contributed by atoms with Gasteiger partial charge in [0.1, 0.15) is 0 Å². The number of nitrogens with zero attached hydrogens (tertiary/aromatic N) is 1. The summed E-state index contributed by atoms with van der Waals surface area (Å²) in [5.74, 6) is 0. The minimum Gasteiger partial charge on any atom is -0.314 e. The van der Waals surface area contributed by atoms with Gasteiger partial charge in [0.2, 0.25) is 0 Å². The fourth-order valence-corrected chi connectivity index (χ4v) is 1.57. The number of likely N-dealkylation sites (N-methyl/N-ethyl adjacent to an activating group) is 1. The fraction of sp³-hybridized carbons (Fsp3) is 1.00. The molecule has 4 heteroatoms. The maximum absolute atomic E-state index is 3.32. The highest BCUT2D eigenvalue weighted by atomic mass is 15.2. The second-order valence-electron chi connectivity index (χ2n) is 4.11. The summed E-state index contributed by atoms with van der Waals surface area (Å²) >= 11 is 0. The van der Waals surface area contributed by atoms with Gasteiger partial charge in [-0.3, -0.25) is 0 Å². The van der Waals surface area contributed by atoms with Gasteiger partial charge < -0.3 is 20.9 Å². The Hall–Kier alpha value is -0.160. The molecule has 1 atom stereocenters. The van der Waals surface area contributed by atoms with Crippen molar-refractivity contribution in [2.75, 3.05) is 52.9 Å². The maximum Gasteiger partial charge on any atom is 0.0164 e. The monoisotopic (exact) mass is 200 g/mol. The molecule has 0 aromatic carbocycles. The van der Waals surface area contributed by atoms with Gasteiger partial charge in [-0.1, -0.05) is 0 Å². The molecule has 2 aliphatic heterocycles. The fourth-order valence-electron chi connectivity index (χ4n) is 1.57. The van der Waals surface area contributed by atoms with Crippen molar-refractivity contribution in [3.63, 3.8) is 0 Å². The van der Waals surface area contributed by atoms with E-state index in [1.54, 1.807) is 0 Å². The molecule has 0 spiro atoms. The average Bonchev–Trinajstić information content (AvgIpc) is 2.21. The van der Waals surface area contributed by atoms with Crippen LogP contribution in [0.25, 0.3) is 0 Å². The van der Waals surface area contributed by atoms with Gasteiger partial charge in [-0.05, 0) is 14.0 Å². The van der Waals surface area contributed by atoms with E-state index < -0.39 is 0 Å². The van der Waals surface area contributed by atoms with Crippen LogP contribution in [-0.4, -0.2) is 63.8 Å². The van der Waals surface area contributed by atoms with Gasteiger partial charge in [0.15, 0.2) is 0 Å². The first-order valence-corrected chi connectivity index (χ1v) is 5.62. The zero-order valence-corrected chi connectivity index (χ0v) is 9.47. The lowest BCUT2D eigenvalue weighted by molar-refractivity contribution is 0.291. The first-order valence-electron chi connectivity index (χ1n) is 5.62. The molecule has 2 rings (SSSR count). The van der Waals surface area contributed by atoms with Crippen LogP contribution < -0.4 is 16.0 Å². The van der Waals surface area contributed by atoms with Gasteiger partial charge in [-0.25, -0.2) is 0 Å². The molecular weight excluding hydrogens is 176 g/mol. The molecule has 0 aliphatic carbocycles. The maximum atomic E-state index is 3.32. The van der Waals surface area contributed by atoms with Crippen molar-refractivity contribution in [3.8, 4) is 0 Å². The Labute approximate surface area is 87.4 Å². The summed E-state index contributed by atoms with van der Waals surface area (Å²) in [6, 6.07) is 0.675. The van der Waals surface area contributed by atoms with Crippen LogP contribution >= 0.6 is 0 Å². The van der Waals surface area contributed by atoms with Crippen molar-refractivity contribution < 1.29 is 0 Å². The summed E-state index contributed by atoms with van der Waals surface area (Å²) in [4.78, 5) is 2.33. The van der Waals surface area contributed by atoms with E-state index in [1.807, 2.05) is 0 Å². The van der Waals surface area contributed by atoms with Gasteiger partial charge in [0.05, 0.1) is 0 Å². The number of nitrogens with one attached hydrogen (secondary N) is 3. The highest BCUT2D eigenvalue weighted by molar-refractivity contribution is 4.69. The van der Waals surface area contributed by atoms with Crippen molar-refractivity contribution in [3.05, 3.63) is 0 Å². The number of hydrogen-bond acceptors (Lipinski definition) is 4.